The highest BCUT2D eigenvalue weighted by Gasteiger charge is 2.78. The summed E-state index contributed by atoms with van der Waals surface area (Å²) >= 11 is 0. The van der Waals surface area contributed by atoms with Gasteiger partial charge in [0.05, 0.1) is 0 Å². The van der Waals surface area contributed by atoms with E-state index in [0.29, 0.717) is 0 Å². The number of allylic oxidation sites excluding steroid dienone is 5. The van der Waals surface area contributed by atoms with Gasteiger partial charge in [-0.1, -0.05) is 30.4 Å². The summed E-state index contributed by atoms with van der Waals surface area (Å²) in [6.07, 6.45) is 8.12. The zero-order valence-corrected chi connectivity index (χ0v) is 13.3. The molecule has 2 heterocycles. The molecule has 0 aromatic rings. The second kappa shape index (κ2) is 5.32. The van der Waals surface area contributed by atoms with Gasteiger partial charge < -0.3 is 19.3 Å². The number of carbonyl (C=O) groups excluding carboxylic acids is 2. The molecule has 6 heteroatoms. The lowest BCUT2D eigenvalue weighted by molar-refractivity contribution is -0.255. The number of ether oxygens (including phenoxy) is 3. The minimum atomic E-state index is -1.42. The molecule has 3 rings (SSSR count). The maximum Gasteiger partial charge on any atom is 0.321 e. The summed E-state index contributed by atoms with van der Waals surface area (Å²) in [5.74, 6) is -2.83. The van der Waals surface area contributed by atoms with Crippen molar-refractivity contribution in [1.82, 2.24) is 0 Å². The van der Waals surface area contributed by atoms with Gasteiger partial charge in [0, 0.05) is 19.8 Å². The topological polar surface area (TPSA) is 82.1 Å². The van der Waals surface area contributed by atoms with E-state index in [2.05, 4.69) is 0 Å². The quantitative estimate of drug-likeness (QED) is 0.479. The minimum absolute atomic E-state index is 0.415. The van der Waals surface area contributed by atoms with E-state index in [1.807, 2.05) is 25.2 Å². The molecule has 6 atom stereocenters. The summed E-state index contributed by atoms with van der Waals surface area (Å²) in [4.78, 5) is 23.9. The monoisotopic (exact) mass is 320 g/mol. The first-order valence-corrected chi connectivity index (χ1v) is 7.60. The zero-order valence-electron chi connectivity index (χ0n) is 13.3. The molecule has 23 heavy (non-hydrogen) atoms. The molecule has 0 radical (unpaired) electrons. The minimum Gasteiger partial charge on any atom is -0.455 e. The number of carbonyl (C=O) groups is 2. The Morgan fingerprint density at radius 2 is 2.13 bits per heavy atom. The molecule has 6 nitrogen and oxygen atoms in total. The summed E-state index contributed by atoms with van der Waals surface area (Å²) in [6.45, 7) is 4.70. The number of hydrogen-bond donors (Lipinski definition) is 1. The zero-order chi connectivity index (χ0) is 16.8. The molecule has 124 valence electrons. The number of hydrogen-bond acceptors (Lipinski definition) is 6. The van der Waals surface area contributed by atoms with Gasteiger partial charge in [-0.2, -0.15) is 0 Å². The SMILES string of the molecule is C/C=C/C=C/[C@@H]1C=C[C@H](OC(C)=O)[C@@H]2O[C@]3(C)OC(=O)[C@]12[C@H]3O. The molecule has 0 aromatic carbocycles. The molecule has 2 aliphatic heterocycles. The Morgan fingerprint density at radius 1 is 1.39 bits per heavy atom. The lowest BCUT2D eigenvalue weighted by atomic mass is 9.64. The van der Waals surface area contributed by atoms with E-state index >= 15 is 0 Å². The predicted molar refractivity (Wildman–Crippen MR) is 79.9 cm³/mol. The number of rotatable bonds is 3. The fraction of sp³-hybridized carbons (Fsp3) is 0.529. The molecule has 0 unspecified atom stereocenters. The summed E-state index contributed by atoms with van der Waals surface area (Å²) in [5, 5.41) is 10.7. The predicted octanol–water partition coefficient (Wildman–Crippen LogP) is 1.26. The van der Waals surface area contributed by atoms with Crippen molar-refractivity contribution in [1.29, 1.82) is 0 Å². The largest absolute Gasteiger partial charge is 0.455 e. The van der Waals surface area contributed by atoms with Crippen LogP contribution in [0.25, 0.3) is 0 Å². The fourth-order valence-electron chi connectivity index (χ4n) is 3.73. The molecule has 1 N–H and O–H groups in total. The summed E-state index contributed by atoms with van der Waals surface area (Å²) < 4.78 is 16.3. The van der Waals surface area contributed by atoms with Gasteiger partial charge in [0.15, 0.2) is 0 Å². The van der Waals surface area contributed by atoms with E-state index in [0.717, 1.165) is 0 Å². The lowest BCUT2D eigenvalue weighted by Gasteiger charge is -2.41. The van der Waals surface area contributed by atoms with Crippen molar-refractivity contribution in [3.05, 3.63) is 36.5 Å². The molecule has 1 spiro atoms. The van der Waals surface area contributed by atoms with E-state index in [4.69, 9.17) is 14.2 Å². The smallest absolute Gasteiger partial charge is 0.321 e. The van der Waals surface area contributed by atoms with Crippen LogP contribution >= 0.6 is 0 Å². The van der Waals surface area contributed by atoms with Crippen molar-refractivity contribution in [2.45, 2.75) is 44.9 Å². The standard InChI is InChI=1S/C17H20O6/c1-4-5-6-7-11-8-9-12(21-10(2)18)13-17(11)14(19)16(3,22-13)23-15(17)20/h4-9,11-14,19H,1-3H3/b5-4+,7-6+/t11-,12+,13+,14+,16-,17-/m1/s1. The Kier molecular flexibility index (Phi) is 3.69. The molecule has 2 fully saturated rings. The molecule has 3 aliphatic rings. The van der Waals surface area contributed by atoms with Gasteiger partial charge in [-0.05, 0) is 13.0 Å². The van der Waals surface area contributed by atoms with E-state index in [1.54, 1.807) is 18.2 Å². The number of aliphatic hydroxyl groups excluding tert-OH is 1. The van der Waals surface area contributed by atoms with Crippen molar-refractivity contribution < 1.29 is 28.9 Å². The van der Waals surface area contributed by atoms with Crippen LogP contribution in [0.15, 0.2) is 36.5 Å². The number of aliphatic hydroxyl groups is 1. The Morgan fingerprint density at radius 3 is 2.74 bits per heavy atom. The van der Waals surface area contributed by atoms with Crippen LogP contribution in [-0.4, -0.2) is 41.1 Å². The van der Waals surface area contributed by atoms with Crippen LogP contribution in [0.5, 0.6) is 0 Å². The van der Waals surface area contributed by atoms with Crippen molar-refractivity contribution >= 4 is 11.9 Å². The third-order valence-corrected chi connectivity index (χ3v) is 4.71. The molecular formula is C17H20O6. The number of esters is 2. The Bertz CT molecular complexity index is 621. The van der Waals surface area contributed by atoms with Gasteiger partial charge in [0.25, 0.3) is 0 Å². The van der Waals surface area contributed by atoms with E-state index in [-0.39, 0.29) is 0 Å². The Balaban J connectivity index is 2.06. The third-order valence-electron chi connectivity index (χ3n) is 4.71. The van der Waals surface area contributed by atoms with Gasteiger partial charge >= 0.3 is 11.9 Å². The summed E-state index contributed by atoms with van der Waals surface area (Å²) in [7, 11) is 0. The molecule has 2 bridgehead atoms. The van der Waals surface area contributed by atoms with Crippen LogP contribution in [0.4, 0.5) is 0 Å². The van der Waals surface area contributed by atoms with Crippen LogP contribution in [0.2, 0.25) is 0 Å². The first-order valence-electron chi connectivity index (χ1n) is 7.60. The van der Waals surface area contributed by atoms with Crippen molar-refractivity contribution in [3.63, 3.8) is 0 Å². The van der Waals surface area contributed by atoms with Gasteiger partial charge in [0.2, 0.25) is 5.79 Å². The maximum atomic E-state index is 12.6. The van der Waals surface area contributed by atoms with Crippen LogP contribution in [0, 0.1) is 11.3 Å². The summed E-state index contributed by atoms with van der Waals surface area (Å²) in [5.41, 5.74) is -1.30. The molecule has 0 aromatic heterocycles. The highest BCUT2D eigenvalue weighted by molar-refractivity contribution is 5.84. The molecule has 1 aliphatic carbocycles. The van der Waals surface area contributed by atoms with Crippen LogP contribution in [-0.2, 0) is 23.8 Å². The molecular weight excluding hydrogens is 300 g/mol. The van der Waals surface area contributed by atoms with Crippen molar-refractivity contribution in [2.75, 3.05) is 0 Å². The van der Waals surface area contributed by atoms with Gasteiger partial charge in [-0.3, -0.25) is 9.59 Å². The second-order valence-electron chi connectivity index (χ2n) is 6.17. The summed E-state index contributed by atoms with van der Waals surface area (Å²) in [6, 6.07) is 0. The van der Waals surface area contributed by atoms with Crippen molar-refractivity contribution in [2.24, 2.45) is 11.3 Å². The highest BCUT2D eigenvalue weighted by Crippen LogP contribution is 2.60. The highest BCUT2D eigenvalue weighted by atomic mass is 16.8. The average molecular weight is 320 g/mol. The normalized spacial score (nSPS) is 44.8. The molecule has 0 amide bonds. The van der Waals surface area contributed by atoms with E-state index < -0.39 is 47.4 Å². The van der Waals surface area contributed by atoms with Crippen LogP contribution in [0.1, 0.15) is 20.8 Å². The maximum absolute atomic E-state index is 12.6. The molecule has 2 saturated heterocycles. The van der Waals surface area contributed by atoms with E-state index in [9.17, 15) is 14.7 Å². The van der Waals surface area contributed by atoms with Crippen LogP contribution < -0.4 is 0 Å². The Hall–Kier alpha value is -1.92. The fourth-order valence-corrected chi connectivity index (χ4v) is 3.73. The molecule has 0 saturated carbocycles. The van der Waals surface area contributed by atoms with Crippen LogP contribution in [0.3, 0.4) is 0 Å². The van der Waals surface area contributed by atoms with Gasteiger partial charge in [-0.15, -0.1) is 0 Å². The second-order valence-corrected chi connectivity index (χ2v) is 6.17. The average Bonchev–Trinajstić information content (AvgIpc) is 2.81. The first-order chi connectivity index (χ1) is 10.9. The van der Waals surface area contributed by atoms with E-state index in [1.165, 1.54) is 13.8 Å². The Labute approximate surface area is 134 Å². The van der Waals surface area contributed by atoms with Crippen molar-refractivity contribution in [3.8, 4) is 0 Å². The van der Waals surface area contributed by atoms with Gasteiger partial charge in [-0.25, -0.2) is 0 Å². The number of fused-ring (bicyclic) bond motifs is 1. The first kappa shape index (κ1) is 16.0. The van der Waals surface area contributed by atoms with Gasteiger partial charge in [0.1, 0.15) is 23.7 Å². The third kappa shape index (κ3) is 2.09. The lowest BCUT2D eigenvalue weighted by Crippen LogP contribution is -2.56.